The highest BCUT2D eigenvalue weighted by Crippen LogP contribution is 2.33. The number of amides is 1. The van der Waals surface area contributed by atoms with Gasteiger partial charge in [0.25, 0.3) is 0 Å². The predicted molar refractivity (Wildman–Crippen MR) is 90.3 cm³/mol. The normalized spacial score (nSPS) is 35.3. The molecule has 4 fully saturated rings. The Labute approximate surface area is 140 Å². The quantitative estimate of drug-likeness (QED) is 0.784. The summed E-state index contributed by atoms with van der Waals surface area (Å²) in [6, 6.07) is 1.67. The Balaban J connectivity index is 1.37. The van der Waals surface area contributed by atoms with E-state index in [0.29, 0.717) is 24.8 Å². The first kappa shape index (κ1) is 15.9. The summed E-state index contributed by atoms with van der Waals surface area (Å²) in [5.74, 6) is 0.254. The van der Waals surface area contributed by atoms with Crippen LogP contribution in [-0.2, 0) is 9.53 Å². The Bertz CT molecular complexity index is 414. The van der Waals surface area contributed by atoms with Crippen LogP contribution in [0.15, 0.2) is 0 Å². The van der Waals surface area contributed by atoms with Crippen molar-refractivity contribution in [2.75, 3.05) is 19.7 Å². The van der Waals surface area contributed by atoms with Crippen LogP contribution in [0, 0.1) is 0 Å². The molecule has 4 rings (SSSR count). The van der Waals surface area contributed by atoms with Gasteiger partial charge in [0.15, 0.2) is 0 Å². The number of ether oxygens (including phenoxy) is 1. The van der Waals surface area contributed by atoms with Crippen molar-refractivity contribution in [3.63, 3.8) is 0 Å². The van der Waals surface area contributed by atoms with Crippen LogP contribution in [0.2, 0.25) is 0 Å². The summed E-state index contributed by atoms with van der Waals surface area (Å²) >= 11 is 0. The molecule has 130 valence electrons. The van der Waals surface area contributed by atoms with Crippen molar-refractivity contribution in [2.45, 2.75) is 94.9 Å². The van der Waals surface area contributed by atoms with E-state index in [4.69, 9.17) is 4.74 Å². The number of nitrogens with zero attached hydrogens (tertiary/aromatic N) is 2. The van der Waals surface area contributed by atoms with Gasteiger partial charge in [-0.05, 0) is 38.5 Å². The van der Waals surface area contributed by atoms with Crippen molar-refractivity contribution in [1.82, 2.24) is 9.80 Å². The second-order valence-corrected chi connectivity index (χ2v) is 8.06. The first-order valence-corrected chi connectivity index (χ1v) is 10.00. The first-order valence-electron chi connectivity index (χ1n) is 10.00. The molecule has 2 saturated heterocycles. The third-order valence-electron chi connectivity index (χ3n) is 6.72. The van der Waals surface area contributed by atoms with E-state index < -0.39 is 0 Å². The average Bonchev–Trinajstić information content (AvgIpc) is 2.63. The van der Waals surface area contributed by atoms with Crippen molar-refractivity contribution in [1.29, 1.82) is 0 Å². The first-order chi connectivity index (χ1) is 11.3. The van der Waals surface area contributed by atoms with Crippen molar-refractivity contribution in [3.05, 3.63) is 0 Å². The fourth-order valence-corrected chi connectivity index (χ4v) is 5.48. The van der Waals surface area contributed by atoms with Crippen LogP contribution in [-0.4, -0.2) is 59.6 Å². The Morgan fingerprint density at radius 2 is 1.48 bits per heavy atom. The Morgan fingerprint density at radius 1 is 0.783 bits per heavy atom. The van der Waals surface area contributed by atoms with E-state index in [0.717, 1.165) is 18.9 Å². The molecule has 2 saturated carbocycles. The molecule has 0 radical (unpaired) electrons. The maximum absolute atomic E-state index is 12.5. The van der Waals surface area contributed by atoms with Crippen molar-refractivity contribution in [2.24, 2.45) is 0 Å². The summed E-state index contributed by atoms with van der Waals surface area (Å²) < 4.78 is 5.83. The molecular formula is C19H32N2O2. The fraction of sp³-hybridized carbons (Fsp3) is 0.947. The molecule has 2 aliphatic heterocycles. The van der Waals surface area contributed by atoms with Gasteiger partial charge < -0.3 is 14.5 Å². The minimum atomic E-state index is 0.254. The molecule has 0 bridgehead atoms. The molecule has 0 N–H and O–H groups in total. The van der Waals surface area contributed by atoms with Gasteiger partial charge in [-0.2, -0.15) is 0 Å². The third-order valence-corrected chi connectivity index (χ3v) is 6.72. The second-order valence-electron chi connectivity index (χ2n) is 8.06. The Morgan fingerprint density at radius 3 is 2.26 bits per heavy atom. The number of hydrogen-bond acceptors (Lipinski definition) is 3. The van der Waals surface area contributed by atoms with Crippen molar-refractivity contribution < 1.29 is 9.53 Å². The molecule has 2 atom stereocenters. The van der Waals surface area contributed by atoms with Gasteiger partial charge in [0.1, 0.15) is 6.61 Å². The Hall–Kier alpha value is -0.610. The van der Waals surface area contributed by atoms with Gasteiger partial charge >= 0.3 is 0 Å². The van der Waals surface area contributed by atoms with Crippen LogP contribution < -0.4 is 0 Å². The van der Waals surface area contributed by atoms with Crippen molar-refractivity contribution >= 4 is 5.91 Å². The maximum atomic E-state index is 12.5. The van der Waals surface area contributed by atoms with Gasteiger partial charge in [0.2, 0.25) is 5.91 Å². The SMILES string of the molecule is O=C1CO[C@H]2CCCC[C@@H]2N1C1CCN(C2CCCCC2)CC1. The summed E-state index contributed by atoms with van der Waals surface area (Å²) in [6.45, 7) is 2.71. The van der Waals surface area contributed by atoms with E-state index in [9.17, 15) is 4.79 Å². The molecule has 2 heterocycles. The topological polar surface area (TPSA) is 32.8 Å². The van der Waals surface area contributed by atoms with E-state index in [1.54, 1.807) is 0 Å². The zero-order valence-corrected chi connectivity index (χ0v) is 14.4. The smallest absolute Gasteiger partial charge is 0.249 e. The number of carbonyl (C=O) groups is 1. The molecule has 4 heteroatoms. The van der Waals surface area contributed by atoms with Crippen LogP contribution >= 0.6 is 0 Å². The van der Waals surface area contributed by atoms with E-state index in [-0.39, 0.29) is 5.91 Å². The lowest BCUT2D eigenvalue weighted by Crippen LogP contribution is -2.61. The number of fused-ring (bicyclic) bond motifs is 1. The maximum Gasteiger partial charge on any atom is 0.249 e. The molecule has 0 unspecified atom stereocenters. The summed E-state index contributed by atoms with van der Waals surface area (Å²) in [5, 5.41) is 0. The number of piperidine rings is 1. The van der Waals surface area contributed by atoms with E-state index >= 15 is 0 Å². The van der Waals surface area contributed by atoms with Crippen LogP contribution in [0.1, 0.15) is 70.6 Å². The molecule has 23 heavy (non-hydrogen) atoms. The lowest BCUT2D eigenvalue weighted by molar-refractivity contribution is -0.167. The van der Waals surface area contributed by atoms with Crippen molar-refractivity contribution in [3.8, 4) is 0 Å². The predicted octanol–water partition coefficient (Wildman–Crippen LogP) is 2.95. The van der Waals surface area contributed by atoms with Crippen LogP contribution in [0.25, 0.3) is 0 Å². The van der Waals surface area contributed by atoms with Crippen LogP contribution in [0.5, 0.6) is 0 Å². The van der Waals surface area contributed by atoms with Gasteiger partial charge in [-0.3, -0.25) is 4.79 Å². The summed E-state index contributed by atoms with van der Waals surface area (Å²) in [4.78, 5) is 17.5. The van der Waals surface area contributed by atoms with E-state index in [1.807, 2.05) is 0 Å². The number of likely N-dealkylation sites (tertiary alicyclic amines) is 1. The molecular weight excluding hydrogens is 288 g/mol. The van der Waals surface area contributed by atoms with Gasteiger partial charge in [-0.25, -0.2) is 0 Å². The zero-order chi connectivity index (χ0) is 15.6. The van der Waals surface area contributed by atoms with Gasteiger partial charge in [0.05, 0.1) is 12.1 Å². The molecule has 4 nitrogen and oxygen atoms in total. The van der Waals surface area contributed by atoms with Crippen LogP contribution in [0.4, 0.5) is 0 Å². The lowest BCUT2D eigenvalue weighted by atomic mass is 9.87. The van der Waals surface area contributed by atoms with Gasteiger partial charge in [-0.15, -0.1) is 0 Å². The molecule has 2 aliphatic carbocycles. The minimum absolute atomic E-state index is 0.254. The van der Waals surface area contributed by atoms with E-state index in [1.165, 1.54) is 70.9 Å². The van der Waals surface area contributed by atoms with Crippen LogP contribution in [0.3, 0.4) is 0 Å². The molecule has 0 aromatic carbocycles. The third kappa shape index (κ3) is 3.30. The fourth-order valence-electron chi connectivity index (χ4n) is 5.48. The number of rotatable bonds is 2. The van der Waals surface area contributed by atoms with Gasteiger partial charge in [-0.1, -0.05) is 32.1 Å². The lowest BCUT2D eigenvalue weighted by Gasteiger charge is -2.50. The molecule has 0 aromatic rings. The monoisotopic (exact) mass is 320 g/mol. The highest BCUT2D eigenvalue weighted by molar-refractivity contribution is 5.79. The zero-order valence-electron chi connectivity index (χ0n) is 14.4. The highest BCUT2D eigenvalue weighted by atomic mass is 16.5. The summed E-state index contributed by atoms with van der Waals surface area (Å²) in [6.07, 6.45) is 14.5. The highest BCUT2D eigenvalue weighted by Gasteiger charge is 2.42. The summed E-state index contributed by atoms with van der Waals surface area (Å²) in [7, 11) is 0. The average molecular weight is 320 g/mol. The minimum Gasteiger partial charge on any atom is -0.366 e. The molecule has 1 amide bonds. The number of morpholine rings is 1. The van der Waals surface area contributed by atoms with Gasteiger partial charge in [0, 0.05) is 25.2 Å². The van der Waals surface area contributed by atoms with E-state index in [2.05, 4.69) is 9.80 Å². The largest absolute Gasteiger partial charge is 0.366 e. The number of carbonyl (C=O) groups excluding carboxylic acids is 1. The Kier molecular flexibility index (Phi) is 4.91. The molecule has 0 spiro atoms. The summed E-state index contributed by atoms with van der Waals surface area (Å²) in [5.41, 5.74) is 0. The second kappa shape index (κ2) is 7.10. The molecule has 0 aromatic heterocycles. The standard InChI is InChI=1S/C19H32N2O2/c22-19-14-23-18-9-5-4-8-17(18)21(19)16-10-12-20(13-11-16)15-6-2-1-3-7-15/h15-18H,1-14H2/t17-,18-/m0/s1. The molecule has 4 aliphatic rings. The number of hydrogen-bond donors (Lipinski definition) is 0.